The summed E-state index contributed by atoms with van der Waals surface area (Å²) < 4.78 is 11.4. The topological polar surface area (TPSA) is 43.9 Å². The van der Waals surface area contributed by atoms with Gasteiger partial charge in [0.2, 0.25) is 5.76 Å². The zero-order chi connectivity index (χ0) is 15.5. The summed E-state index contributed by atoms with van der Waals surface area (Å²) in [4.78, 5) is 13.8. The molecule has 1 fully saturated rings. The fourth-order valence-corrected chi connectivity index (χ4v) is 3.36. The van der Waals surface area contributed by atoms with Gasteiger partial charge in [0.05, 0.1) is 20.6 Å². The van der Waals surface area contributed by atoms with Crippen LogP contribution in [0.5, 0.6) is 0 Å². The van der Waals surface area contributed by atoms with Gasteiger partial charge in [-0.15, -0.1) is 0 Å². The molecule has 3 rings (SSSR count). The number of fused-ring (bicyclic) bond motifs is 1. The second-order valence-corrected chi connectivity index (χ2v) is 6.55. The lowest BCUT2D eigenvalue weighted by Gasteiger charge is -2.31. The molecule has 1 heterocycles. The summed E-state index contributed by atoms with van der Waals surface area (Å²) in [5.41, 5.74) is 0.729. The zero-order valence-corrected chi connectivity index (χ0v) is 13.3. The van der Waals surface area contributed by atoms with Gasteiger partial charge in [-0.05, 0) is 31.4 Å². The number of rotatable bonds is 4. The molecule has 1 aliphatic carbocycles. The molecule has 22 heavy (non-hydrogen) atoms. The molecule has 0 radical (unpaired) electrons. The molecular weight excluding hydrogens is 278 g/mol. The van der Waals surface area contributed by atoms with Gasteiger partial charge in [-0.25, -0.2) is 4.79 Å². The Hall–Kier alpha value is -1.81. The maximum absolute atomic E-state index is 12.4. The van der Waals surface area contributed by atoms with Gasteiger partial charge < -0.3 is 14.1 Å². The van der Waals surface area contributed by atoms with Crippen molar-refractivity contribution in [3.8, 4) is 0 Å². The van der Waals surface area contributed by atoms with E-state index in [4.69, 9.17) is 9.15 Å². The third-order valence-corrected chi connectivity index (χ3v) is 4.39. The first-order valence-electron chi connectivity index (χ1n) is 8.12. The highest BCUT2D eigenvalue weighted by Gasteiger charge is 2.31. The van der Waals surface area contributed by atoms with Gasteiger partial charge >= 0.3 is 5.97 Å². The summed E-state index contributed by atoms with van der Waals surface area (Å²) in [6, 6.07) is 9.41. The van der Waals surface area contributed by atoms with Crippen molar-refractivity contribution in [1.29, 1.82) is 0 Å². The lowest BCUT2D eigenvalue weighted by molar-refractivity contribution is -0.862. The number of carbonyl (C=O) groups is 1. The van der Waals surface area contributed by atoms with Crippen molar-refractivity contribution in [3.05, 3.63) is 36.1 Å². The van der Waals surface area contributed by atoms with E-state index in [9.17, 15) is 4.79 Å². The van der Waals surface area contributed by atoms with Gasteiger partial charge in [0, 0.05) is 11.3 Å². The Balaban J connectivity index is 1.71. The molecule has 0 saturated heterocycles. The Morgan fingerprint density at radius 3 is 2.82 bits per heavy atom. The summed E-state index contributed by atoms with van der Waals surface area (Å²) in [5, 5.41) is 0.937. The predicted octanol–water partition coefficient (Wildman–Crippen LogP) is 2.29. The minimum Gasteiger partial charge on any atom is -0.456 e. The van der Waals surface area contributed by atoms with E-state index in [2.05, 4.69) is 14.1 Å². The van der Waals surface area contributed by atoms with Crippen LogP contribution in [-0.2, 0) is 4.74 Å². The van der Waals surface area contributed by atoms with E-state index in [1.54, 1.807) is 6.07 Å². The highest BCUT2D eigenvalue weighted by atomic mass is 16.6. The molecule has 1 aliphatic rings. The normalized spacial score (nSPS) is 22.1. The number of carbonyl (C=O) groups excluding carboxylic acids is 1. The molecule has 2 atom stereocenters. The van der Waals surface area contributed by atoms with E-state index in [1.807, 2.05) is 24.3 Å². The van der Waals surface area contributed by atoms with Crippen molar-refractivity contribution < 1.29 is 18.8 Å². The van der Waals surface area contributed by atoms with Crippen LogP contribution in [0.4, 0.5) is 0 Å². The Labute approximate surface area is 131 Å². The number of nitrogens with one attached hydrogen (secondary N) is 1. The largest absolute Gasteiger partial charge is 0.456 e. The van der Waals surface area contributed by atoms with E-state index < -0.39 is 0 Å². The number of esters is 1. The number of quaternary nitrogens is 1. The third-order valence-electron chi connectivity index (χ3n) is 4.39. The van der Waals surface area contributed by atoms with Crippen LogP contribution in [0.1, 0.15) is 36.2 Å². The smallest absolute Gasteiger partial charge is 0.374 e. The average Bonchev–Trinajstić information content (AvgIpc) is 2.93. The van der Waals surface area contributed by atoms with Crippen molar-refractivity contribution in [2.45, 2.75) is 31.8 Å². The van der Waals surface area contributed by atoms with Crippen LogP contribution in [0, 0.1) is 5.92 Å². The van der Waals surface area contributed by atoms with Crippen LogP contribution in [0.3, 0.4) is 0 Å². The predicted molar refractivity (Wildman–Crippen MR) is 85.1 cm³/mol. The van der Waals surface area contributed by atoms with Gasteiger partial charge in [0.1, 0.15) is 11.7 Å². The van der Waals surface area contributed by atoms with E-state index in [0.717, 1.165) is 36.8 Å². The second kappa shape index (κ2) is 6.53. The summed E-state index contributed by atoms with van der Waals surface area (Å²) in [6.07, 6.45) is 4.49. The van der Waals surface area contributed by atoms with Gasteiger partial charge in [0.15, 0.2) is 0 Å². The summed E-state index contributed by atoms with van der Waals surface area (Å²) in [6.45, 7) is 1.04. The minimum absolute atomic E-state index is 0.0179. The Morgan fingerprint density at radius 2 is 2.05 bits per heavy atom. The molecule has 118 valence electrons. The molecule has 1 aromatic heterocycles. The summed E-state index contributed by atoms with van der Waals surface area (Å²) >= 11 is 0. The van der Waals surface area contributed by atoms with E-state index >= 15 is 0 Å². The molecule has 0 amide bonds. The Bertz CT molecular complexity index is 614. The summed E-state index contributed by atoms with van der Waals surface area (Å²) in [5.74, 6) is 0.427. The molecule has 0 unspecified atom stereocenters. The Morgan fingerprint density at radius 1 is 1.27 bits per heavy atom. The first-order valence-corrected chi connectivity index (χ1v) is 8.12. The van der Waals surface area contributed by atoms with Crippen molar-refractivity contribution in [1.82, 2.24) is 0 Å². The second-order valence-electron chi connectivity index (χ2n) is 6.55. The van der Waals surface area contributed by atoms with Crippen molar-refractivity contribution >= 4 is 16.9 Å². The number of ether oxygens (including phenoxy) is 1. The average molecular weight is 302 g/mol. The summed E-state index contributed by atoms with van der Waals surface area (Å²) in [7, 11) is 4.29. The molecule has 2 aromatic rings. The molecule has 0 bridgehead atoms. The molecular formula is C18H24NO3+. The van der Waals surface area contributed by atoms with Gasteiger partial charge in [0.25, 0.3) is 0 Å². The van der Waals surface area contributed by atoms with Crippen LogP contribution in [-0.4, -0.2) is 32.7 Å². The van der Waals surface area contributed by atoms with E-state index in [0.29, 0.717) is 11.7 Å². The molecule has 0 aliphatic heterocycles. The fraction of sp³-hybridized carbons (Fsp3) is 0.500. The van der Waals surface area contributed by atoms with Crippen LogP contribution in [0.15, 0.2) is 34.7 Å². The van der Waals surface area contributed by atoms with Gasteiger partial charge in [-0.3, -0.25) is 0 Å². The third kappa shape index (κ3) is 3.33. The monoisotopic (exact) mass is 302 g/mol. The minimum atomic E-state index is -0.332. The number of benzene rings is 1. The van der Waals surface area contributed by atoms with Crippen molar-refractivity contribution in [3.63, 3.8) is 0 Å². The molecule has 4 nitrogen and oxygen atoms in total. The zero-order valence-electron chi connectivity index (χ0n) is 13.3. The van der Waals surface area contributed by atoms with Crippen LogP contribution < -0.4 is 4.90 Å². The lowest BCUT2D eigenvalue weighted by Crippen LogP contribution is -3.06. The SMILES string of the molecule is C[NH+](C)C[C@H]1CCCC[C@@H]1OC(=O)c1cc2ccccc2o1. The van der Waals surface area contributed by atoms with Gasteiger partial charge in [-0.2, -0.15) is 0 Å². The fourth-order valence-electron chi connectivity index (χ4n) is 3.36. The lowest BCUT2D eigenvalue weighted by atomic mass is 9.86. The molecule has 1 aromatic carbocycles. The van der Waals surface area contributed by atoms with Crippen LogP contribution in [0.25, 0.3) is 11.0 Å². The highest BCUT2D eigenvalue weighted by Crippen LogP contribution is 2.27. The van der Waals surface area contributed by atoms with Crippen LogP contribution in [0.2, 0.25) is 0 Å². The van der Waals surface area contributed by atoms with E-state index in [1.165, 1.54) is 11.3 Å². The molecule has 1 saturated carbocycles. The molecule has 0 spiro atoms. The number of hydrogen-bond donors (Lipinski definition) is 1. The molecule has 1 N–H and O–H groups in total. The maximum atomic E-state index is 12.4. The maximum Gasteiger partial charge on any atom is 0.374 e. The standard InChI is InChI=1S/C18H23NO3/c1-19(2)12-14-8-4-6-10-16(14)22-18(20)17-11-13-7-3-5-9-15(13)21-17/h3,5,7,9,11,14,16H,4,6,8,10,12H2,1-2H3/p+1/t14-,16+/m1/s1. The quantitative estimate of drug-likeness (QED) is 0.881. The number of hydrogen-bond acceptors (Lipinski definition) is 3. The van der Waals surface area contributed by atoms with Gasteiger partial charge in [-0.1, -0.05) is 24.6 Å². The first kappa shape index (κ1) is 15.1. The number of furan rings is 1. The highest BCUT2D eigenvalue weighted by molar-refractivity contribution is 5.92. The van der Waals surface area contributed by atoms with Crippen molar-refractivity contribution in [2.75, 3.05) is 20.6 Å². The first-order chi connectivity index (χ1) is 10.6. The molecule has 4 heteroatoms. The van der Waals surface area contributed by atoms with Crippen LogP contribution >= 0.6 is 0 Å². The number of para-hydroxylation sites is 1. The Kier molecular flexibility index (Phi) is 4.48. The van der Waals surface area contributed by atoms with E-state index in [-0.39, 0.29) is 12.1 Å². The van der Waals surface area contributed by atoms with Crippen molar-refractivity contribution in [2.24, 2.45) is 5.92 Å².